The number of carbonyl (C=O) groups excluding carboxylic acids is 1. The van der Waals surface area contributed by atoms with Crippen LogP contribution in [0.3, 0.4) is 0 Å². The maximum absolute atomic E-state index is 12.3. The lowest BCUT2D eigenvalue weighted by Gasteiger charge is -2.28. The third-order valence-electron chi connectivity index (χ3n) is 4.38. The van der Waals surface area contributed by atoms with Crippen LogP contribution in [0, 0.1) is 18.8 Å². The van der Waals surface area contributed by atoms with Crippen molar-refractivity contribution in [1.29, 1.82) is 0 Å². The topological polar surface area (TPSA) is 51.2 Å². The molecular weight excluding hydrogens is 308 g/mol. The Morgan fingerprint density at radius 1 is 1.39 bits per heavy atom. The van der Waals surface area contributed by atoms with Gasteiger partial charge in [0.15, 0.2) is 0 Å². The van der Waals surface area contributed by atoms with Gasteiger partial charge in [-0.05, 0) is 31.6 Å². The molecule has 1 N–H and O–H groups in total. The first-order valence-corrected chi connectivity index (χ1v) is 9.65. The Morgan fingerprint density at radius 3 is 2.83 bits per heavy atom. The standard InChI is InChI=1S/C18H30N2O2S/c1-12(2)11-16-20-14(4)17(23-16)18(21)19-9-10-22-15-8-6-5-7-13(15)3/h12-13,15H,5-11H2,1-4H3,(H,19,21). The van der Waals surface area contributed by atoms with Gasteiger partial charge in [0.25, 0.3) is 5.91 Å². The summed E-state index contributed by atoms with van der Waals surface area (Å²) in [6.45, 7) is 9.67. The van der Waals surface area contributed by atoms with Crippen LogP contribution in [0.15, 0.2) is 0 Å². The molecule has 1 amide bonds. The van der Waals surface area contributed by atoms with Gasteiger partial charge in [-0.15, -0.1) is 11.3 Å². The summed E-state index contributed by atoms with van der Waals surface area (Å²) in [5, 5.41) is 4.02. The van der Waals surface area contributed by atoms with Gasteiger partial charge in [0.05, 0.1) is 23.4 Å². The fourth-order valence-electron chi connectivity index (χ4n) is 3.08. The van der Waals surface area contributed by atoms with E-state index < -0.39 is 0 Å². The van der Waals surface area contributed by atoms with E-state index in [0.717, 1.165) is 28.4 Å². The Kier molecular flexibility index (Phi) is 7.03. The van der Waals surface area contributed by atoms with Crippen molar-refractivity contribution in [2.24, 2.45) is 11.8 Å². The Morgan fingerprint density at radius 2 is 2.13 bits per heavy atom. The van der Waals surface area contributed by atoms with Gasteiger partial charge in [-0.25, -0.2) is 4.98 Å². The number of hydrogen-bond acceptors (Lipinski definition) is 4. The fraction of sp³-hybridized carbons (Fsp3) is 0.778. The third-order valence-corrected chi connectivity index (χ3v) is 5.56. The van der Waals surface area contributed by atoms with Crippen molar-refractivity contribution in [3.8, 4) is 0 Å². The van der Waals surface area contributed by atoms with Gasteiger partial charge < -0.3 is 10.1 Å². The third kappa shape index (κ3) is 5.57. The van der Waals surface area contributed by atoms with E-state index in [2.05, 4.69) is 31.1 Å². The van der Waals surface area contributed by atoms with E-state index in [0.29, 0.717) is 31.1 Å². The second-order valence-corrected chi connectivity index (χ2v) is 8.13. The van der Waals surface area contributed by atoms with E-state index in [-0.39, 0.29) is 5.91 Å². The Bertz CT molecular complexity index is 513. The minimum absolute atomic E-state index is 0.0182. The minimum atomic E-state index is -0.0182. The Hall–Kier alpha value is -0.940. The van der Waals surface area contributed by atoms with Gasteiger partial charge in [0.1, 0.15) is 4.88 Å². The fourth-order valence-corrected chi connectivity index (χ4v) is 4.28. The number of rotatable bonds is 7. The Labute approximate surface area is 144 Å². The van der Waals surface area contributed by atoms with Crippen molar-refractivity contribution < 1.29 is 9.53 Å². The summed E-state index contributed by atoms with van der Waals surface area (Å²) in [5.74, 6) is 1.18. The summed E-state index contributed by atoms with van der Waals surface area (Å²) in [6, 6.07) is 0. The van der Waals surface area contributed by atoms with E-state index in [1.54, 1.807) is 0 Å². The Balaban J connectivity index is 1.75. The molecule has 0 saturated heterocycles. The molecule has 5 heteroatoms. The molecular formula is C18H30N2O2S. The van der Waals surface area contributed by atoms with Crippen LogP contribution < -0.4 is 5.32 Å². The molecule has 0 bridgehead atoms. The van der Waals surface area contributed by atoms with Crippen LogP contribution in [0.2, 0.25) is 0 Å². The van der Waals surface area contributed by atoms with Crippen molar-refractivity contribution >= 4 is 17.2 Å². The minimum Gasteiger partial charge on any atom is -0.376 e. The smallest absolute Gasteiger partial charge is 0.263 e. The molecule has 1 aliphatic carbocycles. The summed E-state index contributed by atoms with van der Waals surface area (Å²) < 4.78 is 5.94. The highest BCUT2D eigenvalue weighted by molar-refractivity contribution is 7.13. The molecule has 2 rings (SSSR count). The molecule has 0 radical (unpaired) electrons. The van der Waals surface area contributed by atoms with E-state index >= 15 is 0 Å². The van der Waals surface area contributed by atoms with E-state index in [4.69, 9.17) is 4.74 Å². The second-order valence-electron chi connectivity index (χ2n) is 7.05. The van der Waals surface area contributed by atoms with Crippen molar-refractivity contribution in [1.82, 2.24) is 10.3 Å². The summed E-state index contributed by atoms with van der Waals surface area (Å²) >= 11 is 1.52. The van der Waals surface area contributed by atoms with E-state index in [1.165, 1.54) is 30.6 Å². The van der Waals surface area contributed by atoms with Crippen LogP contribution in [0.25, 0.3) is 0 Å². The molecule has 1 aromatic rings. The summed E-state index contributed by atoms with van der Waals surface area (Å²) in [5.41, 5.74) is 0.838. The molecule has 4 nitrogen and oxygen atoms in total. The highest BCUT2D eigenvalue weighted by Gasteiger charge is 2.21. The van der Waals surface area contributed by atoms with Crippen LogP contribution in [0.4, 0.5) is 0 Å². The second kappa shape index (κ2) is 8.78. The van der Waals surface area contributed by atoms with Crippen molar-refractivity contribution in [2.45, 2.75) is 65.9 Å². The van der Waals surface area contributed by atoms with Gasteiger partial charge >= 0.3 is 0 Å². The molecule has 0 aliphatic heterocycles. The van der Waals surface area contributed by atoms with E-state index in [9.17, 15) is 4.79 Å². The van der Waals surface area contributed by atoms with Crippen LogP contribution in [-0.4, -0.2) is 30.1 Å². The number of aromatic nitrogens is 1. The summed E-state index contributed by atoms with van der Waals surface area (Å²) in [6.07, 6.45) is 6.29. The number of amides is 1. The maximum atomic E-state index is 12.3. The van der Waals surface area contributed by atoms with Gasteiger partial charge in [0.2, 0.25) is 0 Å². The van der Waals surface area contributed by atoms with Crippen molar-refractivity contribution in [3.63, 3.8) is 0 Å². The number of ether oxygens (including phenoxy) is 1. The van der Waals surface area contributed by atoms with Gasteiger partial charge in [-0.1, -0.05) is 33.6 Å². The molecule has 23 heavy (non-hydrogen) atoms. The lowest BCUT2D eigenvalue weighted by Crippen LogP contribution is -2.31. The lowest BCUT2D eigenvalue weighted by molar-refractivity contribution is -0.00293. The van der Waals surface area contributed by atoms with Crippen LogP contribution >= 0.6 is 11.3 Å². The largest absolute Gasteiger partial charge is 0.376 e. The molecule has 1 aliphatic rings. The van der Waals surface area contributed by atoms with Crippen LogP contribution in [0.1, 0.15) is 66.8 Å². The number of nitrogens with zero attached hydrogens (tertiary/aromatic N) is 1. The zero-order chi connectivity index (χ0) is 16.8. The average molecular weight is 339 g/mol. The normalized spacial score (nSPS) is 21.6. The molecule has 1 heterocycles. The molecule has 0 aromatic carbocycles. The first-order chi connectivity index (χ1) is 11.0. The average Bonchev–Trinajstić information content (AvgIpc) is 2.85. The number of thiazole rings is 1. The maximum Gasteiger partial charge on any atom is 0.263 e. The van der Waals surface area contributed by atoms with E-state index in [1.807, 2.05) is 6.92 Å². The zero-order valence-corrected chi connectivity index (χ0v) is 15.7. The number of aryl methyl sites for hydroxylation is 1. The molecule has 2 atom stereocenters. The van der Waals surface area contributed by atoms with Gasteiger partial charge in [-0.3, -0.25) is 4.79 Å². The molecule has 2 unspecified atom stereocenters. The number of hydrogen-bond donors (Lipinski definition) is 1. The van der Waals surface area contributed by atoms with Gasteiger partial charge in [-0.2, -0.15) is 0 Å². The summed E-state index contributed by atoms with van der Waals surface area (Å²) in [7, 11) is 0. The molecule has 1 aromatic heterocycles. The molecule has 1 fully saturated rings. The predicted molar refractivity (Wildman–Crippen MR) is 95.1 cm³/mol. The first-order valence-electron chi connectivity index (χ1n) is 8.83. The molecule has 1 saturated carbocycles. The number of carbonyl (C=O) groups is 1. The zero-order valence-electron chi connectivity index (χ0n) is 14.9. The quantitative estimate of drug-likeness (QED) is 0.765. The molecule has 130 valence electrons. The first kappa shape index (κ1) is 18.4. The summed E-state index contributed by atoms with van der Waals surface area (Å²) in [4.78, 5) is 17.5. The highest BCUT2D eigenvalue weighted by Crippen LogP contribution is 2.26. The monoisotopic (exact) mass is 338 g/mol. The van der Waals surface area contributed by atoms with Crippen LogP contribution in [0.5, 0.6) is 0 Å². The SMILES string of the molecule is Cc1nc(CC(C)C)sc1C(=O)NCCOC1CCCCC1C. The number of nitrogens with one attached hydrogen (secondary N) is 1. The van der Waals surface area contributed by atoms with Crippen LogP contribution in [-0.2, 0) is 11.2 Å². The predicted octanol–water partition coefficient (Wildman–Crippen LogP) is 3.98. The van der Waals surface area contributed by atoms with Crippen molar-refractivity contribution in [2.75, 3.05) is 13.2 Å². The van der Waals surface area contributed by atoms with Crippen molar-refractivity contribution in [3.05, 3.63) is 15.6 Å². The van der Waals surface area contributed by atoms with Gasteiger partial charge in [0, 0.05) is 13.0 Å². The molecule has 0 spiro atoms. The lowest BCUT2D eigenvalue weighted by atomic mass is 9.88. The highest BCUT2D eigenvalue weighted by atomic mass is 32.1.